The molecule has 0 aliphatic heterocycles. The number of rotatable bonds is 23. The minimum atomic E-state index is -0.0988. The highest BCUT2D eigenvalue weighted by Crippen LogP contribution is 2.33. The molecule has 0 aromatic heterocycles. The summed E-state index contributed by atoms with van der Waals surface area (Å²) in [5.74, 6) is -0.0988. The number of hydrogen-bond donors (Lipinski definition) is 0. The molecule has 2 aromatic rings. The van der Waals surface area contributed by atoms with E-state index in [0.29, 0.717) is 26.2 Å². The van der Waals surface area contributed by atoms with Gasteiger partial charge in [0.25, 0.3) is 0 Å². The first-order chi connectivity index (χ1) is 21.1. The molecule has 0 spiro atoms. The molecule has 1 aliphatic rings. The fourth-order valence-electron chi connectivity index (χ4n) is 6.03. The highest BCUT2D eigenvalue weighted by atomic mass is 16.6. The second-order valence-electron chi connectivity index (χ2n) is 11.9. The third-order valence-electron chi connectivity index (χ3n) is 8.43. The summed E-state index contributed by atoms with van der Waals surface area (Å²) in [5, 5.41) is 0. The van der Waals surface area contributed by atoms with E-state index in [2.05, 4.69) is 67.4 Å². The van der Waals surface area contributed by atoms with Gasteiger partial charge in [-0.05, 0) is 50.9 Å². The van der Waals surface area contributed by atoms with Gasteiger partial charge in [-0.2, -0.15) is 0 Å². The summed E-state index contributed by atoms with van der Waals surface area (Å²) in [6.45, 7) is 7.37. The van der Waals surface area contributed by atoms with Crippen molar-refractivity contribution in [3.05, 3.63) is 71.8 Å². The van der Waals surface area contributed by atoms with Crippen LogP contribution in [-0.2, 0) is 37.0 Å². The summed E-state index contributed by atoms with van der Waals surface area (Å²) in [6, 6.07) is 20.9. The average molecular weight is 596 g/mol. The van der Waals surface area contributed by atoms with E-state index in [4.69, 9.17) is 18.9 Å². The Bertz CT molecular complexity index is 971. The molecule has 0 bridgehead atoms. The maximum atomic E-state index is 11.8. The Hall–Kier alpha value is -2.25. The van der Waals surface area contributed by atoms with Crippen molar-refractivity contribution in [2.45, 2.75) is 128 Å². The molecule has 0 amide bonds. The number of likely N-dealkylation sites (N-methyl/N-ethyl adjacent to an activating group) is 1. The molecule has 4 unspecified atom stereocenters. The Morgan fingerprint density at radius 3 is 1.93 bits per heavy atom. The van der Waals surface area contributed by atoms with Gasteiger partial charge in [0.2, 0.25) is 0 Å². The highest BCUT2D eigenvalue weighted by molar-refractivity contribution is 5.69. The normalized spacial score (nSPS) is 20.1. The van der Waals surface area contributed by atoms with Crippen LogP contribution in [0.25, 0.3) is 0 Å². The number of benzene rings is 2. The number of ether oxygens (including phenoxy) is 4. The lowest BCUT2D eigenvalue weighted by Gasteiger charge is -2.34. The zero-order valence-corrected chi connectivity index (χ0v) is 27.1. The molecule has 4 atom stereocenters. The highest BCUT2D eigenvalue weighted by Gasteiger charge is 2.47. The zero-order chi connectivity index (χ0) is 30.5. The molecule has 1 saturated carbocycles. The SMILES string of the molecule is CCCCCCCCCOC1C(OCc2ccccc2)CC(OCc2ccccc2)C1N(C)CCCCCC(=O)OCC. The maximum absolute atomic E-state index is 11.8. The second-order valence-corrected chi connectivity index (χ2v) is 11.9. The van der Waals surface area contributed by atoms with E-state index in [0.717, 1.165) is 45.3 Å². The van der Waals surface area contributed by atoms with Crippen molar-refractivity contribution in [3.8, 4) is 0 Å². The van der Waals surface area contributed by atoms with Gasteiger partial charge in [0.1, 0.15) is 6.10 Å². The first-order valence-corrected chi connectivity index (χ1v) is 16.9. The summed E-state index contributed by atoms with van der Waals surface area (Å²) in [4.78, 5) is 14.2. The van der Waals surface area contributed by atoms with Gasteiger partial charge in [0, 0.05) is 19.4 Å². The van der Waals surface area contributed by atoms with E-state index in [1.807, 2.05) is 19.1 Å². The minimum absolute atomic E-state index is 0.00422. The molecule has 240 valence electrons. The van der Waals surface area contributed by atoms with Crippen molar-refractivity contribution < 1.29 is 23.7 Å². The van der Waals surface area contributed by atoms with Crippen molar-refractivity contribution >= 4 is 5.97 Å². The molecule has 6 nitrogen and oxygen atoms in total. The lowest BCUT2D eigenvalue weighted by Crippen LogP contribution is -2.48. The number of unbranched alkanes of at least 4 members (excludes halogenated alkanes) is 8. The third kappa shape index (κ3) is 13.5. The molecule has 2 aromatic carbocycles. The Labute approximate surface area is 261 Å². The van der Waals surface area contributed by atoms with Crippen LogP contribution in [-0.4, -0.2) is 62.0 Å². The first-order valence-electron chi connectivity index (χ1n) is 16.9. The van der Waals surface area contributed by atoms with Crippen LogP contribution in [0.5, 0.6) is 0 Å². The van der Waals surface area contributed by atoms with Crippen LogP contribution in [0.1, 0.15) is 102 Å². The number of carbonyl (C=O) groups is 1. The number of nitrogens with zero attached hydrogens (tertiary/aromatic N) is 1. The first kappa shape index (κ1) is 35.2. The van der Waals surface area contributed by atoms with Gasteiger partial charge in [-0.3, -0.25) is 9.69 Å². The minimum Gasteiger partial charge on any atom is -0.466 e. The predicted molar refractivity (Wildman–Crippen MR) is 174 cm³/mol. The second kappa shape index (κ2) is 21.5. The van der Waals surface area contributed by atoms with E-state index in [-0.39, 0.29) is 30.3 Å². The van der Waals surface area contributed by atoms with E-state index in [9.17, 15) is 4.79 Å². The molecule has 1 fully saturated rings. The zero-order valence-electron chi connectivity index (χ0n) is 27.1. The molecule has 0 heterocycles. The van der Waals surface area contributed by atoms with E-state index in [1.165, 1.54) is 49.7 Å². The smallest absolute Gasteiger partial charge is 0.305 e. The monoisotopic (exact) mass is 595 g/mol. The van der Waals surface area contributed by atoms with Gasteiger partial charge in [0.15, 0.2) is 0 Å². The van der Waals surface area contributed by atoms with Crippen LogP contribution in [0, 0.1) is 0 Å². The molecular formula is C37H57NO5. The van der Waals surface area contributed by atoms with E-state index in [1.54, 1.807) is 0 Å². The van der Waals surface area contributed by atoms with Gasteiger partial charge in [-0.25, -0.2) is 0 Å². The summed E-state index contributed by atoms with van der Waals surface area (Å²) < 4.78 is 25.1. The van der Waals surface area contributed by atoms with Crippen LogP contribution in [0.4, 0.5) is 0 Å². The summed E-state index contributed by atoms with van der Waals surface area (Å²) in [5.41, 5.74) is 2.35. The Balaban J connectivity index is 1.64. The molecule has 3 rings (SSSR count). The molecule has 43 heavy (non-hydrogen) atoms. The quantitative estimate of drug-likeness (QED) is 0.0955. The van der Waals surface area contributed by atoms with Gasteiger partial charge in [-0.1, -0.05) is 113 Å². The van der Waals surface area contributed by atoms with Gasteiger partial charge in [-0.15, -0.1) is 0 Å². The number of carbonyl (C=O) groups excluding carboxylic acids is 1. The van der Waals surface area contributed by atoms with E-state index >= 15 is 0 Å². The molecule has 0 radical (unpaired) electrons. The number of esters is 1. The Kier molecular flexibility index (Phi) is 17.6. The van der Waals surface area contributed by atoms with Gasteiger partial charge in [0.05, 0.1) is 38.1 Å². The summed E-state index contributed by atoms with van der Waals surface area (Å²) in [7, 11) is 2.19. The third-order valence-corrected chi connectivity index (χ3v) is 8.43. The molecule has 1 aliphatic carbocycles. The Morgan fingerprint density at radius 2 is 1.30 bits per heavy atom. The lowest BCUT2D eigenvalue weighted by atomic mass is 10.1. The van der Waals surface area contributed by atoms with Crippen LogP contribution >= 0.6 is 0 Å². The fourth-order valence-corrected chi connectivity index (χ4v) is 6.03. The van der Waals surface area contributed by atoms with Crippen LogP contribution < -0.4 is 0 Å². The predicted octanol–water partition coefficient (Wildman–Crippen LogP) is 8.12. The van der Waals surface area contributed by atoms with Crippen molar-refractivity contribution in [2.24, 2.45) is 0 Å². The van der Waals surface area contributed by atoms with Crippen molar-refractivity contribution in [2.75, 3.05) is 26.8 Å². The van der Waals surface area contributed by atoms with Crippen molar-refractivity contribution in [3.63, 3.8) is 0 Å². The summed E-state index contributed by atoms with van der Waals surface area (Å²) in [6.07, 6.45) is 12.9. The molecule has 6 heteroatoms. The van der Waals surface area contributed by atoms with Crippen molar-refractivity contribution in [1.29, 1.82) is 0 Å². The largest absolute Gasteiger partial charge is 0.466 e. The Morgan fingerprint density at radius 1 is 0.721 bits per heavy atom. The molecular weight excluding hydrogens is 538 g/mol. The topological polar surface area (TPSA) is 57.2 Å². The standard InChI is InChI=1S/C37H57NO5/c1-4-6-7-8-9-10-20-27-41-37-34(43-30-32-23-16-12-17-24-32)28-33(42-29-31-21-14-11-15-22-31)36(37)38(3)26-19-13-18-25-35(39)40-5-2/h11-12,14-17,21-24,33-34,36-37H,4-10,13,18-20,25-30H2,1-3H3. The lowest BCUT2D eigenvalue weighted by molar-refractivity contribution is -0.143. The van der Waals surface area contributed by atoms with Crippen LogP contribution in [0.15, 0.2) is 60.7 Å². The molecule has 0 N–H and O–H groups in total. The van der Waals surface area contributed by atoms with Gasteiger partial charge < -0.3 is 18.9 Å². The maximum Gasteiger partial charge on any atom is 0.305 e. The molecule has 0 saturated heterocycles. The average Bonchev–Trinajstić information content (AvgIpc) is 3.38. The van der Waals surface area contributed by atoms with Crippen LogP contribution in [0.3, 0.4) is 0 Å². The summed E-state index contributed by atoms with van der Waals surface area (Å²) >= 11 is 0. The number of hydrogen-bond acceptors (Lipinski definition) is 6. The van der Waals surface area contributed by atoms with Gasteiger partial charge >= 0.3 is 5.97 Å². The van der Waals surface area contributed by atoms with Crippen molar-refractivity contribution in [1.82, 2.24) is 4.90 Å². The van der Waals surface area contributed by atoms with E-state index < -0.39 is 0 Å². The van der Waals surface area contributed by atoms with Crippen LogP contribution in [0.2, 0.25) is 0 Å². The fraction of sp³-hybridized carbons (Fsp3) is 0.649.